The minimum absolute atomic E-state index is 0.109. The van der Waals surface area contributed by atoms with Gasteiger partial charge in [-0.25, -0.2) is 0 Å². The van der Waals surface area contributed by atoms with Crippen LogP contribution in [0.5, 0.6) is 0 Å². The molecule has 4 heteroatoms. The first kappa shape index (κ1) is 14.2. The van der Waals surface area contributed by atoms with Gasteiger partial charge in [-0.3, -0.25) is 9.59 Å². The van der Waals surface area contributed by atoms with Crippen LogP contribution in [-0.2, 0) is 9.59 Å². The third-order valence-electron chi connectivity index (χ3n) is 1.95. The maximum absolute atomic E-state index is 10.8. The highest BCUT2D eigenvalue weighted by atomic mass is 16.3. The highest BCUT2D eigenvalue weighted by Gasteiger charge is 2.04. The van der Waals surface area contributed by atoms with E-state index in [0.29, 0.717) is 18.1 Å². The molecule has 0 aromatic heterocycles. The number of hydrogen-bond acceptors (Lipinski definition) is 4. The van der Waals surface area contributed by atoms with E-state index in [2.05, 4.69) is 13.2 Å². The lowest BCUT2D eigenvalue weighted by Crippen LogP contribution is -1.99. The molecule has 0 aliphatic heterocycles. The fraction of sp³-hybridized carbons (Fsp3) is 0.167. The number of aliphatic hydroxyl groups excluding tert-OH is 2. The summed E-state index contributed by atoms with van der Waals surface area (Å²) in [6.07, 6.45) is 3.57. The van der Waals surface area contributed by atoms with Crippen LogP contribution < -0.4 is 0 Å². The third kappa shape index (κ3) is 3.76. The molecule has 2 N–H and O–H groups in total. The van der Waals surface area contributed by atoms with Gasteiger partial charge in [0.1, 0.15) is 12.6 Å². The summed E-state index contributed by atoms with van der Waals surface area (Å²) in [6.45, 7) is 6.17. The molecule has 0 amide bonds. The summed E-state index contributed by atoms with van der Waals surface area (Å²) in [7, 11) is 0. The van der Waals surface area contributed by atoms with Crippen molar-refractivity contribution in [1.82, 2.24) is 0 Å². The van der Waals surface area contributed by atoms with Crippen LogP contribution in [0.15, 0.2) is 47.6 Å². The molecule has 0 saturated carbocycles. The summed E-state index contributed by atoms with van der Waals surface area (Å²) in [4.78, 5) is 21.4. The lowest BCUT2D eigenvalue weighted by atomic mass is 10.0. The zero-order chi connectivity index (χ0) is 12.6. The lowest BCUT2D eigenvalue weighted by Gasteiger charge is -2.03. The zero-order valence-corrected chi connectivity index (χ0v) is 8.85. The SMILES string of the molecule is C=C/C(CO)=C(C=O)\C=C(\C=O)C(=C)CO. The number of carbonyl (C=O) groups is 2. The van der Waals surface area contributed by atoms with Gasteiger partial charge in [0, 0.05) is 11.1 Å². The Morgan fingerprint density at radius 2 is 1.75 bits per heavy atom. The quantitative estimate of drug-likeness (QED) is 0.370. The van der Waals surface area contributed by atoms with E-state index in [9.17, 15) is 9.59 Å². The molecule has 4 nitrogen and oxygen atoms in total. The molecular weight excluding hydrogens is 208 g/mol. The molecule has 16 heavy (non-hydrogen) atoms. The van der Waals surface area contributed by atoms with E-state index < -0.39 is 0 Å². The average Bonchev–Trinajstić information content (AvgIpc) is 2.33. The molecule has 0 heterocycles. The molecule has 0 unspecified atom stereocenters. The van der Waals surface area contributed by atoms with Crippen molar-refractivity contribution in [2.24, 2.45) is 0 Å². The van der Waals surface area contributed by atoms with Gasteiger partial charge in [0.2, 0.25) is 0 Å². The highest BCUT2D eigenvalue weighted by Crippen LogP contribution is 2.11. The molecule has 0 atom stereocenters. The molecule has 0 spiro atoms. The Labute approximate surface area is 93.9 Å². The van der Waals surface area contributed by atoms with Crippen molar-refractivity contribution in [2.45, 2.75) is 0 Å². The average molecular weight is 222 g/mol. The van der Waals surface area contributed by atoms with Gasteiger partial charge >= 0.3 is 0 Å². The van der Waals surface area contributed by atoms with Gasteiger partial charge in [0.05, 0.1) is 13.2 Å². The third-order valence-corrected chi connectivity index (χ3v) is 1.95. The van der Waals surface area contributed by atoms with E-state index in [1.165, 1.54) is 12.2 Å². The molecular formula is C12H14O4. The fourth-order valence-electron chi connectivity index (χ4n) is 0.954. The Bertz CT molecular complexity index is 361. The number of hydrogen-bond donors (Lipinski definition) is 2. The molecule has 0 aliphatic rings. The summed E-state index contributed by atoms with van der Waals surface area (Å²) in [6, 6.07) is 0. The molecule has 0 aromatic rings. The number of aliphatic hydroxyl groups is 2. The lowest BCUT2D eigenvalue weighted by molar-refractivity contribution is -0.105. The maximum atomic E-state index is 10.8. The molecule has 0 rings (SSSR count). The zero-order valence-electron chi connectivity index (χ0n) is 8.85. The summed E-state index contributed by atoms with van der Waals surface area (Å²) < 4.78 is 0. The van der Waals surface area contributed by atoms with Crippen LogP contribution in [-0.4, -0.2) is 36.0 Å². The second kappa shape index (κ2) is 7.50. The Kier molecular flexibility index (Phi) is 6.67. The van der Waals surface area contributed by atoms with Crippen molar-refractivity contribution >= 4 is 12.6 Å². The molecule has 0 fully saturated rings. The largest absolute Gasteiger partial charge is 0.392 e. The van der Waals surface area contributed by atoms with Crippen LogP contribution >= 0.6 is 0 Å². The van der Waals surface area contributed by atoms with Gasteiger partial charge in [0.15, 0.2) is 0 Å². The number of rotatable bonds is 7. The normalized spacial score (nSPS) is 12.8. The Balaban J connectivity index is 5.43. The van der Waals surface area contributed by atoms with Crippen molar-refractivity contribution in [1.29, 1.82) is 0 Å². The monoisotopic (exact) mass is 222 g/mol. The van der Waals surface area contributed by atoms with Gasteiger partial charge in [-0.15, -0.1) is 0 Å². The van der Waals surface area contributed by atoms with E-state index >= 15 is 0 Å². The molecule has 0 aliphatic carbocycles. The van der Waals surface area contributed by atoms with Crippen molar-refractivity contribution in [3.63, 3.8) is 0 Å². The minimum atomic E-state index is -0.376. The van der Waals surface area contributed by atoms with Gasteiger partial charge in [-0.2, -0.15) is 0 Å². The minimum Gasteiger partial charge on any atom is -0.392 e. The summed E-state index contributed by atoms with van der Waals surface area (Å²) in [5, 5.41) is 17.7. The topological polar surface area (TPSA) is 74.6 Å². The fourth-order valence-corrected chi connectivity index (χ4v) is 0.954. The molecule has 0 saturated heterocycles. The van der Waals surface area contributed by atoms with Crippen molar-refractivity contribution < 1.29 is 19.8 Å². The number of allylic oxidation sites excluding steroid dienone is 2. The first-order valence-electron chi connectivity index (χ1n) is 4.52. The van der Waals surface area contributed by atoms with Crippen molar-refractivity contribution in [2.75, 3.05) is 13.2 Å². The van der Waals surface area contributed by atoms with Gasteiger partial charge in [-0.05, 0) is 17.2 Å². The van der Waals surface area contributed by atoms with Crippen LogP contribution in [0.1, 0.15) is 0 Å². The highest BCUT2D eigenvalue weighted by molar-refractivity contribution is 5.87. The first-order chi connectivity index (χ1) is 7.64. The summed E-state index contributed by atoms with van der Waals surface area (Å²) >= 11 is 0. The van der Waals surface area contributed by atoms with Gasteiger partial charge < -0.3 is 10.2 Å². The van der Waals surface area contributed by atoms with Crippen LogP contribution in [0.2, 0.25) is 0 Å². The molecule has 86 valence electrons. The van der Waals surface area contributed by atoms with Crippen molar-refractivity contribution in [3.05, 3.63) is 47.6 Å². The Hall–Kier alpha value is -1.78. The predicted molar refractivity (Wildman–Crippen MR) is 60.7 cm³/mol. The predicted octanol–water partition coefficient (Wildman–Crippen LogP) is 0.334. The summed E-state index contributed by atoms with van der Waals surface area (Å²) in [5.74, 6) is 0. The molecule has 0 bridgehead atoms. The van der Waals surface area contributed by atoms with Gasteiger partial charge in [-0.1, -0.05) is 19.2 Å². The van der Waals surface area contributed by atoms with Crippen LogP contribution in [0, 0.1) is 0 Å². The van der Waals surface area contributed by atoms with E-state index in [4.69, 9.17) is 10.2 Å². The number of aldehydes is 2. The molecule has 0 radical (unpaired) electrons. The number of carbonyl (C=O) groups excluding carboxylic acids is 2. The standard InChI is InChI=1S/C12H14O4/c1-3-10(6-14)12(8-16)4-11(7-15)9(2)5-13/h3-4,7-8,13-14H,1-2,5-6H2/b11-4-,12-10-. The van der Waals surface area contributed by atoms with Crippen LogP contribution in [0.4, 0.5) is 0 Å². The maximum Gasteiger partial charge on any atom is 0.150 e. The Morgan fingerprint density at radius 1 is 1.12 bits per heavy atom. The van der Waals surface area contributed by atoms with Crippen LogP contribution in [0.25, 0.3) is 0 Å². The van der Waals surface area contributed by atoms with Gasteiger partial charge in [0.25, 0.3) is 0 Å². The molecule has 0 aromatic carbocycles. The van der Waals surface area contributed by atoms with E-state index in [1.807, 2.05) is 0 Å². The second-order valence-electron chi connectivity index (χ2n) is 2.94. The van der Waals surface area contributed by atoms with Crippen molar-refractivity contribution in [3.8, 4) is 0 Å². The second-order valence-corrected chi connectivity index (χ2v) is 2.94. The first-order valence-corrected chi connectivity index (χ1v) is 4.52. The van der Waals surface area contributed by atoms with E-state index in [-0.39, 0.29) is 29.9 Å². The van der Waals surface area contributed by atoms with Crippen LogP contribution in [0.3, 0.4) is 0 Å². The Morgan fingerprint density at radius 3 is 2.06 bits per heavy atom. The smallest absolute Gasteiger partial charge is 0.150 e. The van der Waals surface area contributed by atoms with E-state index in [1.54, 1.807) is 0 Å². The van der Waals surface area contributed by atoms with E-state index in [0.717, 1.165) is 0 Å². The summed E-state index contributed by atoms with van der Waals surface area (Å²) in [5.41, 5.74) is 0.752.